The summed E-state index contributed by atoms with van der Waals surface area (Å²) in [5.41, 5.74) is 9.01. The molecular formula is C70H82N4O7. The van der Waals surface area contributed by atoms with Crippen molar-refractivity contribution >= 4 is 17.5 Å². The molecule has 81 heavy (non-hydrogen) atoms. The fraction of sp³-hybridized carbons (Fsp3) is 0.486. The Kier molecular flexibility index (Phi) is 14.8. The van der Waals surface area contributed by atoms with Gasteiger partial charge in [-0.25, -0.2) is 9.59 Å². The first-order chi connectivity index (χ1) is 39.4. The molecule has 4 aromatic rings. The van der Waals surface area contributed by atoms with Gasteiger partial charge >= 0.3 is 11.9 Å². The minimum atomic E-state index is -1.00. The van der Waals surface area contributed by atoms with Crippen LogP contribution < -0.4 is 21.3 Å². The van der Waals surface area contributed by atoms with Gasteiger partial charge in [-0.2, -0.15) is 0 Å². The van der Waals surface area contributed by atoms with Crippen molar-refractivity contribution in [1.29, 1.82) is 0 Å². The summed E-state index contributed by atoms with van der Waals surface area (Å²) >= 11 is 0. The average molecular weight is 1090 g/mol. The van der Waals surface area contributed by atoms with Crippen LogP contribution in [0.25, 0.3) is 16.7 Å². The molecular weight excluding hydrogens is 1010 g/mol. The fourth-order valence-electron chi connectivity index (χ4n) is 17.8. The van der Waals surface area contributed by atoms with Gasteiger partial charge in [-0.15, -0.1) is 0 Å². The van der Waals surface area contributed by atoms with Gasteiger partial charge < -0.3 is 46.1 Å². The number of fused-ring (bicyclic) bond motifs is 9. The first-order valence-corrected chi connectivity index (χ1v) is 30.7. The van der Waals surface area contributed by atoms with Gasteiger partial charge in [0.05, 0.1) is 29.3 Å². The molecule has 14 bridgehead atoms. The number of phenols is 1. The second kappa shape index (κ2) is 22.0. The molecule has 15 rings (SSSR count). The Morgan fingerprint density at radius 2 is 1.72 bits per heavy atom. The molecule has 424 valence electrons. The van der Waals surface area contributed by atoms with Crippen LogP contribution in [0.1, 0.15) is 131 Å². The zero-order valence-electron chi connectivity index (χ0n) is 47.5. The average Bonchev–Trinajstić information content (AvgIpc) is 1.91. The third kappa shape index (κ3) is 9.43. The number of hydrogen-bond acceptors (Lipinski definition) is 11. The van der Waals surface area contributed by atoms with Crippen molar-refractivity contribution in [3.8, 4) is 16.9 Å². The number of hydrogen-bond donors (Lipinski definition) is 7. The molecule has 7 N–H and O–H groups in total. The molecule has 11 heteroatoms. The predicted octanol–water partition coefficient (Wildman–Crippen LogP) is 11.3. The number of cyclic esters (lactones) is 1. The highest BCUT2D eigenvalue weighted by molar-refractivity contribution is 6.08. The van der Waals surface area contributed by atoms with Gasteiger partial charge in [-0.05, 0) is 220 Å². The topological polar surface area (TPSA) is 161 Å². The molecule has 0 radical (unpaired) electrons. The van der Waals surface area contributed by atoms with E-state index < -0.39 is 22.9 Å². The van der Waals surface area contributed by atoms with Gasteiger partial charge in [0, 0.05) is 48.2 Å². The van der Waals surface area contributed by atoms with Crippen molar-refractivity contribution in [2.45, 2.75) is 128 Å². The van der Waals surface area contributed by atoms with E-state index in [-0.39, 0.29) is 65.7 Å². The monoisotopic (exact) mass is 1090 g/mol. The maximum atomic E-state index is 15.7. The molecule has 11 aliphatic rings. The summed E-state index contributed by atoms with van der Waals surface area (Å²) in [5, 5.41) is 48.2. The number of ether oxygens (including phenoxy) is 2. The largest absolute Gasteiger partial charge is 0.508 e. The van der Waals surface area contributed by atoms with E-state index in [4.69, 9.17) is 9.47 Å². The summed E-state index contributed by atoms with van der Waals surface area (Å²) in [7, 11) is 2.04. The molecule has 4 fully saturated rings. The van der Waals surface area contributed by atoms with Crippen LogP contribution >= 0.6 is 0 Å². The third-order valence-electron chi connectivity index (χ3n) is 21.4. The lowest BCUT2D eigenvalue weighted by Crippen LogP contribution is -2.58. The Labute approximate surface area is 478 Å². The van der Waals surface area contributed by atoms with Crippen molar-refractivity contribution in [1.82, 2.24) is 21.3 Å². The molecule has 2 saturated heterocycles. The minimum Gasteiger partial charge on any atom is -0.508 e. The molecule has 0 amide bonds. The van der Waals surface area contributed by atoms with E-state index in [9.17, 15) is 15.3 Å². The van der Waals surface area contributed by atoms with Gasteiger partial charge in [0.15, 0.2) is 0 Å². The molecule has 0 aromatic heterocycles. The van der Waals surface area contributed by atoms with Crippen molar-refractivity contribution in [2.24, 2.45) is 51.8 Å². The summed E-state index contributed by atoms with van der Waals surface area (Å²) in [6.45, 7) is 6.25. The smallest absolute Gasteiger partial charge is 0.340 e. The number of phenolic OH excluding ortho intramolecular Hbond substituents is 1. The lowest BCUT2D eigenvalue weighted by molar-refractivity contribution is -0.135. The van der Waals surface area contributed by atoms with Gasteiger partial charge in [0.2, 0.25) is 0 Å². The van der Waals surface area contributed by atoms with E-state index in [2.05, 4.69) is 125 Å². The molecule has 13 atom stereocenters. The molecule has 4 aromatic carbocycles. The fourth-order valence-corrected chi connectivity index (χ4v) is 17.8. The molecule has 6 aliphatic carbocycles. The highest BCUT2D eigenvalue weighted by Crippen LogP contribution is 2.77. The Morgan fingerprint density at radius 1 is 0.864 bits per heavy atom. The Bertz CT molecular complexity index is 3250. The van der Waals surface area contributed by atoms with Crippen LogP contribution in [0.5, 0.6) is 5.75 Å². The SMILES string of the molecule is CC[C@H](/C=C1\OC(=O)C2=C3c4cc(O)ccc4-c4cccc(c4)[C@@H]4/C=C/[C@]56CCC7=C(C(=O)OC7=CC[C@@]7([C@@H]8CCN[C@@H](NC)C8)C[C@H](CCCO)[C@H](C7)[C@@H](NC[C@H](C)O)c7cccc(c7)CCN4)[C@@H]5[C@]21CC[C@@H]36)Cc1ccccc1. The molecule has 11 nitrogen and oxygen atoms in total. The van der Waals surface area contributed by atoms with E-state index in [0.29, 0.717) is 60.4 Å². The summed E-state index contributed by atoms with van der Waals surface area (Å²) < 4.78 is 13.7. The number of aromatic hydroxyl groups is 1. The Balaban J connectivity index is 1.05. The van der Waals surface area contributed by atoms with Crippen LogP contribution in [0.15, 0.2) is 150 Å². The quantitative estimate of drug-likeness (QED) is 0.0534. The van der Waals surface area contributed by atoms with Gasteiger partial charge in [0.25, 0.3) is 0 Å². The molecule has 5 aliphatic heterocycles. The van der Waals surface area contributed by atoms with Crippen LogP contribution in [0.4, 0.5) is 0 Å². The van der Waals surface area contributed by atoms with Gasteiger partial charge in [0.1, 0.15) is 17.3 Å². The van der Waals surface area contributed by atoms with Crippen LogP contribution in [0.3, 0.4) is 0 Å². The second-order valence-corrected chi connectivity index (χ2v) is 25.7. The third-order valence-corrected chi connectivity index (χ3v) is 21.4. The lowest BCUT2D eigenvalue weighted by atomic mass is 9.38. The summed E-state index contributed by atoms with van der Waals surface area (Å²) in [4.78, 5) is 31.2. The van der Waals surface area contributed by atoms with Crippen LogP contribution in [0, 0.1) is 51.8 Å². The number of carbonyl (C=O) groups excluding carboxylic acids is 2. The highest BCUT2D eigenvalue weighted by Gasteiger charge is 2.73. The van der Waals surface area contributed by atoms with Crippen molar-refractivity contribution < 1.29 is 34.4 Å². The van der Waals surface area contributed by atoms with Crippen molar-refractivity contribution in [3.63, 3.8) is 0 Å². The molecule has 2 saturated carbocycles. The lowest BCUT2D eigenvalue weighted by Gasteiger charge is -2.62. The molecule has 5 heterocycles. The normalized spacial score (nSPS) is 33.6. The van der Waals surface area contributed by atoms with Crippen LogP contribution in [-0.2, 0) is 31.9 Å². The van der Waals surface area contributed by atoms with Gasteiger partial charge in [-0.3, -0.25) is 0 Å². The Hall–Kier alpha value is -5.92. The summed E-state index contributed by atoms with van der Waals surface area (Å²) in [5.74, 6) is 1.05. The standard InChI is InChI=1S/C70H82N4O7/c1-4-43(33-44-11-6-5-7-12-44)35-59-70-29-21-56-61(63(70)67(79)81-59)54-38-51(77)18-19-52(54)46-14-9-15-47(36-46)57-22-28-69(56)27-20-53-58(80-66(78)62(53)65(69)70)23-26-68(50-25-31-73-60(37-50)71-3)39-49(17-10-32-75)55(40-68)64(74-41-42(2)76)48-16-8-13-45(34-48)24-30-72-57/h5-9,11-16,18-19,22-23,28,34-36,38,42-43,49-50,55-57,60,64-65,71-77H,4,10,17,20-21,24-27,29-33,37,39-41H2,1-3H3/b28-22+,58-23?,59-35-/t42-,43-,49-,50+,55-,56-,57-,60+,64-,65-,68+,69-,70-/m0/s1. The van der Waals surface area contributed by atoms with Crippen LogP contribution in [0.2, 0.25) is 0 Å². The number of allylic oxidation sites excluding steroid dienone is 6. The first-order valence-electron chi connectivity index (χ1n) is 30.7. The molecule has 2 spiro atoms. The number of benzene rings is 4. The van der Waals surface area contributed by atoms with E-state index in [1.165, 1.54) is 16.7 Å². The van der Waals surface area contributed by atoms with E-state index >= 15 is 9.59 Å². The number of aliphatic hydroxyl groups is 2. The Morgan fingerprint density at radius 3 is 2.54 bits per heavy atom. The number of piperidine rings is 1. The van der Waals surface area contributed by atoms with Gasteiger partial charge in [-0.1, -0.05) is 97.9 Å². The number of carbonyl (C=O) groups is 2. The second-order valence-electron chi connectivity index (χ2n) is 25.7. The number of esters is 2. The van der Waals surface area contributed by atoms with Crippen LogP contribution in [-0.4, -0.2) is 72.8 Å². The molecule has 0 unspecified atom stereocenters. The van der Waals surface area contributed by atoms with E-state index in [1.807, 2.05) is 32.2 Å². The number of nitrogens with one attached hydrogen (secondary N) is 4. The maximum absolute atomic E-state index is 15.7. The van der Waals surface area contributed by atoms with E-state index in [1.54, 1.807) is 6.07 Å². The summed E-state index contributed by atoms with van der Waals surface area (Å²) in [6.07, 6.45) is 20.4. The summed E-state index contributed by atoms with van der Waals surface area (Å²) in [6, 6.07) is 33.8. The minimum absolute atomic E-state index is 0.0346. The van der Waals surface area contributed by atoms with E-state index in [0.717, 1.165) is 117 Å². The maximum Gasteiger partial charge on any atom is 0.340 e. The first kappa shape index (κ1) is 54.3. The van der Waals surface area contributed by atoms with Crippen molar-refractivity contribution in [2.75, 3.05) is 33.3 Å². The van der Waals surface area contributed by atoms with Crippen molar-refractivity contribution in [3.05, 3.63) is 177 Å². The zero-order valence-corrected chi connectivity index (χ0v) is 47.5. The predicted molar refractivity (Wildman–Crippen MR) is 316 cm³/mol. The zero-order chi connectivity index (χ0) is 55.6. The number of aliphatic hydroxyl groups excluding tert-OH is 2. The number of rotatable bonds is 12. The highest BCUT2D eigenvalue weighted by atomic mass is 16.6.